The van der Waals surface area contributed by atoms with Gasteiger partial charge in [0.05, 0.1) is 5.38 Å². The van der Waals surface area contributed by atoms with Crippen LogP contribution in [0.1, 0.15) is 22.1 Å². The second-order valence-electron chi connectivity index (χ2n) is 5.06. The minimum absolute atomic E-state index is 0.0615. The van der Waals surface area contributed by atoms with Crippen molar-refractivity contribution in [2.24, 2.45) is 0 Å². The highest BCUT2D eigenvalue weighted by atomic mass is 35.5. The monoisotopic (exact) mass is 288 g/mol. The van der Waals surface area contributed by atoms with Gasteiger partial charge in [0.1, 0.15) is 13.2 Å². The molecule has 1 atom stereocenters. The van der Waals surface area contributed by atoms with Crippen molar-refractivity contribution in [2.45, 2.75) is 18.7 Å². The number of rotatable bonds is 3. The lowest BCUT2D eigenvalue weighted by molar-refractivity contribution is 0.171. The van der Waals surface area contributed by atoms with Crippen LogP contribution in [0.5, 0.6) is 11.5 Å². The molecule has 2 aromatic rings. The van der Waals surface area contributed by atoms with Crippen molar-refractivity contribution >= 4 is 11.6 Å². The van der Waals surface area contributed by atoms with Gasteiger partial charge in [0, 0.05) is 0 Å². The molecule has 20 heavy (non-hydrogen) atoms. The summed E-state index contributed by atoms with van der Waals surface area (Å²) in [7, 11) is 0. The molecule has 2 aromatic carbocycles. The topological polar surface area (TPSA) is 18.5 Å². The van der Waals surface area contributed by atoms with E-state index < -0.39 is 0 Å². The van der Waals surface area contributed by atoms with Gasteiger partial charge in [-0.25, -0.2) is 0 Å². The molecule has 1 heterocycles. The highest BCUT2D eigenvalue weighted by Gasteiger charge is 2.15. The van der Waals surface area contributed by atoms with Crippen molar-refractivity contribution in [3.63, 3.8) is 0 Å². The molecule has 0 bridgehead atoms. The first-order valence-electron chi connectivity index (χ1n) is 6.81. The molecule has 1 aliphatic heterocycles. The number of alkyl halides is 1. The first kappa shape index (κ1) is 13.3. The summed E-state index contributed by atoms with van der Waals surface area (Å²) in [6.45, 7) is 3.30. The summed E-state index contributed by atoms with van der Waals surface area (Å²) < 4.78 is 11.1. The Morgan fingerprint density at radius 1 is 1.00 bits per heavy atom. The Balaban J connectivity index is 1.76. The molecular formula is C17H17ClO2. The fourth-order valence-electron chi connectivity index (χ4n) is 2.30. The SMILES string of the molecule is Cc1ccc(CC(Cl)c2ccc3c(c2)OCCO3)cc1. The molecule has 1 aliphatic rings. The molecule has 0 N–H and O–H groups in total. The summed E-state index contributed by atoms with van der Waals surface area (Å²) >= 11 is 6.53. The minimum atomic E-state index is -0.0615. The number of hydrogen-bond donors (Lipinski definition) is 0. The van der Waals surface area contributed by atoms with Crippen LogP contribution in [0.3, 0.4) is 0 Å². The predicted molar refractivity (Wildman–Crippen MR) is 80.9 cm³/mol. The van der Waals surface area contributed by atoms with E-state index in [9.17, 15) is 0 Å². The number of hydrogen-bond acceptors (Lipinski definition) is 2. The molecule has 0 aliphatic carbocycles. The van der Waals surface area contributed by atoms with E-state index in [0.717, 1.165) is 23.5 Å². The Bertz CT molecular complexity index is 592. The number of halogens is 1. The highest BCUT2D eigenvalue weighted by Crippen LogP contribution is 2.35. The Labute approximate surface area is 124 Å². The van der Waals surface area contributed by atoms with Gasteiger partial charge >= 0.3 is 0 Å². The van der Waals surface area contributed by atoms with Gasteiger partial charge in [-0.15, -0.1) is 11.6 Å². The summed E-state index contributed by atoms with van der Waals surface area (Å²) in [6, 6.07) is 14.4. The van der Waals surface area contributed by atoms with Gasteiger partial charge in [-0.1, -0.05) is 35.9 Å². The van der Waals surface area contributed by atoms with Crippen LogP contribution >= 0.6 is 11.6 Å². The molecular weight excluding hydrogens is 272 g/mol. The van der Waals surface area contributed by atoms with Gasteiger partial charge in [0.2, 0.25) is 0 Å². The van der Waals surface area contributed by atoms with Crippen LogP contribution in [0.25, 0.3) is 0 Å². The second kappa shape index (κ2) is 5.76. The van der Waals surface area contributed by atoms with Gasteiger partial charge in [-0.2, -0.15) is 0 Å². The summed E-state index contributed by atoms with van der Waals surface area (Å²) in [4.78, 5) is 0. The van der Waals surface area contributed by atoms with Crippen LogP contribution in [0.4, 0.5) is 0 Å². The number of ether oxygens (including phenoxy) is 2. The van der Waals surface area contributed by atoms with Gasteiger partial charge in [-0.05, 0) is 36.6 Å². The lowest BCUT2D eigenvalue weighted by Gasteiger charge is -2.20. The highest BCUT2D eigenvalue weighted by molar-refractivity contribution is 6.21. The molecule has 0 fully saturated rings. The number of aryl methyl sites for hydroxylation is 1. The molecule has 0 spiro atoms. The quantitative estimate of drug-likeness (QED) is 0.785. The fourth-order valence-corrected chi connectivity index (χ4v) is 2.62. The Morgan fingerprint density at radius 3 is 2.45 bits per heavy atom. The summed E-state index contributed by atoms with van der Waals surface area (Å²) in [6.07, 6.45) is 0.807. The molecule has 3 rings (SSSR count). The summed E-state index contributed by atoms with van der Waals surface area (Å²) in [5.74, 6) is 1.60. The van der Waals surface area contributed by atoms with E-state index in [1.165, 1.54) is 11.1 Å². The van der Waals surface area contributed by atoms with Crippen LogP contribution in [0, 0.1) is 6.92 Å². The minimum Gasteiger partial charge on any atom is -0.486 e. The van der Waals surface area contributed by atoms with Crippen molar-refractivity contribution in [3.8, 4) is 11.5 Å². The van der Waals surface area contributed by atoms with Gasteiger partial charge in [0.25, 0.3) is 0 Å². The Morgan fingerprint density at radius 2 is 1.70 bits per heavy atom. The normalized spacial score (nSPS) is 14.9. The molecule has 0 radical (unpaired) electrons. The van der Waals surface area contributed by atoms with Crippen LogP contribution in [0.2, 0.25) is 0 Å². The molecule has 0 aromatic heterocycles. The third-order valence-corrected chi connectivity index (χ3v) is 3.87. The van der Waals surface area contributed by atoms with Gasteiger partial charge in [0.15, 0.2) is 11.5 Å². The molecule has 2 nitrogen and oxygen atoms in total. The molecule has 3 heteroatoms. The third kappa shape index (κ3) is 2.91. The van der Waals surface area contributed by atoms with E-state index in [1.807, 2.05) is 18.2 Å². The first-order chi connectivity index (χ1) is 9.72. The van der Waals surface area contributed by atoms with Gasteiger partial charge < -0.3 is 9.47 Å². The molecule has 104 valence electrons. The van der Waals surface area contributed by atoms with Crippen LogP contribution < -0.4 is 9.47 Å². The average molecular weight is 289 g/mol. The van der Waals surface area contributed by atoms with Crippen molar-refractivity contribution < 1.29 is 9.47 Å². The lowest BCUT2D eigenvalue weighted by Crippen LogP contribution is -2.15. The van der Waals surface area contributed by atoms with E-state index in [2.05, 4.69) is 31.2 Å². The lowest BCUT2D eigenvalue weighted by atomic mass is 10.0. The maximum Gasteiger partial charge on any atom is 0.161 e. The molecule has 0 saturated heterocycles. The van der Waals surface area contributed by atoms with Crippen molar-refractivity contribution in [3.05, 3.63) is 59.2 Å². The van der Waals surface area contributed by atoms with Crippen molar-refractivity contribution in [1.29, 1.82) is 0 Å². The third-order valence-electron chi connectivity index (χ3n) is 3.46. The average Bonchev–Trinajstić information content (AvgIpc) is 2.49. The van der Waals surface area contributed by atoms with Crippen molar-refractivity contribution in [2.75, 3.05) is 13.2 Å². The Kier molecular flexibility index (Phi) is 3.83. The molecule has 0 saturated carbocycles. The summed E-state index contributed by atoms with van der Waals surface area (Å²) in [5, 5.41) is -0.0615. The maximum absolute atomic E-state index is 6.53. The van der Waals surface area contributed by atoms with Gasteiger partial charge in [-0.3, -0.25) is 0 Å². The smallest absolute Gasteiger partial charge is 0.161 e. The van der Waals surface area contributed by atoms with E-state index in [-0.39, 0.29) is 5.38 Å². The first-order valence-corrected chi connectivity index (χ1v) is 7.25. The van der Waals surface area contributed by atoms with E-state index in [4.69, 9.17) is 21.1 Å². The molecule has 0 amide bonds. The van der Waals surface area contributed by atoms with Crippen molar-refractivity contribution in [1.82, 2.24) is 0 Å². The zero-order valence-electron chi connectivity index (χ0n) is 11.4. The van der Waals surface area contributed by atoms with E-state index in [1.54, 1.807) is 0 Å². The largest absolute Gasteiger partial charge is 0.486 e. The predicted octanol–water partition coefficient (Wildman–Crippen LogP) is 4.29. The van der Waals surface area contributed by atoms with Crippen LogP contribution in [-0.2, 0) is 6.42 Å². The Hall–Kier alpha value is -1.67. The van der Waals surface area contributed by atoms with Crippen LogP contribution in [-0.4, -0.2) is 13.2 Å². The number of benzene rings is 2. The van der Waals surface area contributed by atoms with E-state index in [0.29, 0.717) is 13.2 Å². The zero-order chi connectivity index (χ0) is 13.9. The van der Waals surface area contributed by atoms with E-state index >= 15 is 0 Å². The standard InChI is InChI=1S/C17H17ClO2/c1-12-2-4-13(5-3-12)10-15(18)14-6-7-16-17(11-14)20-9-8-19-16/h2-7,11,15H,8-10H2,1H3. The fraction of sp³-hybridized carbons (Fsp3) is 0.294. The maximum atomic E-state index is 6.53. The summed E-state index contributed by atoms with van der Waals surface area (Å²) in [5.41, 5.74) is 3.57. The zero-order valence-corrected chi connectivity index (χ0v) is 12.2. The second-order valence-corrected chi connectivity index (χ2v) is 5.59. The number of fused-ring (bicyclic) bond motifs is 1. The molecule has 1 unspecified atom stereocenters. The van der Waals surface area contributed by atoms with Crippen LogP contribution in [0.15, 0.2) is 42.5 Å².